The second-order valence-corrected chi connectivity index (χ2v) is 4.39. The van der Waals surface area contributed by atoms with Crippen molar-refractivity contribution in [2.45, 2.75) is 34.1 Å². The van der Waals surface area contributed by atoms with Crippen molar-refractivity contribution in [2.24, 2.45) is 17.8 Å². The van der Waals surface area contributed by atoms with Gasteiger partial charge in [-0.05, 0) is 31.1 Å². The third-order valence-corrected chi connectivity index (χ3v) is 2.65. The first-order valence-corrected chi connectivity index (χ1v) is 4.96. The van der Waals surface area contributed by atoms with Crippen molar-refractivity contribution in [3.05, 3.63) is 23.8 Å². The minimum Gasteiger partial charge on any atom is -0.0809 e. The second-order valence-electron chi connectivity index (χ2n) is 4.39. The third-order valence-electron chi connectivity index (χ3n) is 2.65. The maximum absolute atomic E-state index is 2.38. The average molecular weight is 164 g/mol. The molecule has 0 N–H and O–H groups in total. The van der Waals surface area contributed by atoms with E-state index in [4.69, 9.17) is 0 Å². The maximum atomic E-state index is 2.38. The van der Waals surface area contributed by atoms with Crippen molar-refractivity contribution in [2.75, 3.05) is 0 Å². The summed E-state index contributed by atoms with van der Waals surface area (Å²) in [4.78, 5) is 0. The Hall–Kier alpha value is -0.520. The van der Waals surface area contributed by atoms with E-state index in [9.17, 15) is 0 Å². The third kappa shape index (κ3) is 2.51. The van der Waals surface area contributed by atoms with E-state index < -0.39 is 0 Å². The van der Waals surface area contributed by atoms with Crippen molar-refractivity contribution in [1.82, 2.24) is 0 Å². The van der Waals surface area contributed by atoms with E-state index in [1.165, 1.54) is 12.0 Å². The Kier molecular flexibility index (Phi) is 3.13. The van der Waals surface area contributed by atoms with Crippen LogP contribution in [-0.4, -0.2) is 0 Å². The minimum absolute atomic E-state index is 0.743. The summed E-state index contributed by atoms with van der Waals surface area (Å²) in [5, 5.41) is 0. The van der Waals surface area contributed by atoms with Crippen LogP contribution in [0.25, 0.3) is 0 Å². The number of hydrogen-bond donors (Lipinski definition) is 0. The highest BCUT2D eigenvalue weighted by atomic mass is 14.2. The number of rotatable bonds is 1. The lowest BCUT2D eigenvalue weighted by atomic mass is 9.88. The zero-order valence-corrected chi connectivity index (χ0v) is 8.67. The summed E-state index contributed by atoms with van der Waals surface area (Å²) in [5.41, 5.74) is 1.42. The van der Waals surface area contributed by atoms with Gasteiger partial charge in [0.15, 0.2) is 0 Å². The van der Waals surface area contributed by atoms with E-state index >= 15 is 0 Å². The predicted molar refractivity (Wildman–Crippen MR) is 55.0 cm³/mol. The molecule has 68 valence electrons. The van der Waals surface area contributed by atoms with Crippen LogP contribution in [0.2, 0.25) is 0 Å². The summed E-state index contributed by atoms with van der Waals surface area (Å²) in [5.74, 6) is 2.30. The Balaban J connectivity index is 2.69. The molecule has 0 saturated heterocycles. The first kappa shape index (κ1) is 9.57. The molecule has 1 aliphatic rings. The van der Waals surface area contributed by atoms with Crippen LogP contribution < -0.4 is 0 Å². The Labute approximate surface area is 76.4 Å². The zero-order chi connectivity index (χ0) is 9.14. The van der Waals surface area contributed by atoms with E-state index in [-0.39, 0.29) is 0 Å². The molecule has 0 heteroatoms. The summed E-state index contributed by atoms with van der Waals surface area (Å²) in [6.45, 7) is 9.12. The lowest BCUT2D eigenvalue weighted by Crippen LogP contribution is -2.08. The number of allylic oxidation sites excluding steroid dienone is 4. The lowest BCUT2D eigenvalue weighted by Gasteiger charge is -2.17. The summed E-state index contributed by atoms with van der Waals surface area (Å²) in [7, 11) is 0. The molecule has 0 aromatic carbocycles. The van der Waals surface area contributed by atoms with Crippen LogP contribution in [0.1, 0.15) is 34.1 Å². The first-order valence-electron chi connectivity index (χ1n) is 4.96. The summed E-state index contributed by atoms with van der Waals surface area (Å²) < 4.78 is 0. The molecule has 0 amide bonds. The molecule has 12 heavy (non-hydrogen) atoms. The van der Waals surface area contributed by atoms with Crippen LogP contribution in [0.4, 0.5) is 0 Å². The molecule has 1 aliphatic carbocycles. The highest BCUT2D eigenvalue weighted by Crippen LogP contribution is 2.26. The predicted octanol–water partition coefficient (Wildman–Crippen LogP) is 3.80. The Bertz CT molecular complexity index is 196. The lowest BCUT2D eigenvalue weighted by molar-refractivity contribution is 0.400. The van der Waals surface area contributed by atoms with Gasteiger partial charge in [-0.2, -0.15) is 0 Å². The molecule has 1 rings (SSSR count). The largest absolute Gasteiger partial charge is 0.0809 e. The van der Waals surface area contributed by atoms with Crippen molar-refractivity contribution in [3.8, 4) is 0 Å². The van der Waals surface area contributed by atoms with E-state index in [0.29, 0.717) is 0 Å². The molecular formula is C12H20. The van der Waals surface area contributed by atoms with Gasteiger partial charge in [0.25, 0.3) is 0 Å². The van der Waals surface area contributed by atoms with Crippen molar-refractivity contribution < 1.29 is 0 Å². The highest BCUT2D eigenvalue weighted by Gasteiger charge is 2.14. The summed E-state index contributed by atoms with van der Waals surface area (Å²) in [6.07, 6.45) is 8.33. The molecular weight excluding hydrogens is 144 g/mol. The molecule has 0 aromatic rings. The fourth-order valence-electron chi connectivity index (χ4n) is 1.85. The average Bonchev–Trinajstić information content (AvgIpc) is 2.11. The Morgan fingerprint density at radius 1 is 1.42 bits per heavy atom. The summed E-state index contributed by atoms with van der Waals surface area (Å²) >= 11 is 0. The van der Waals surface area contributed by atoms with Gasteiger partial charge in [-0.3, -0.25) is 0 Å². The van der Waals surface area contributed by atoms with E-state index in [0.717, 1.165) is 17.8 Å². The van der Waals surface area contributed by atoms with Crippen molar-refractivity contribution in [1.29, 1.82) is 0 Å². The minimum atomic E-state index is 0.743. The number of hydrogen-bond acceptors (Lipinski definition) is 0. The highest BCUT2D eigenvalue weighted by molar-refractivity contribution is 5.20. The molecule has 0 bridgehead atoms. The fourth-order valence-corrected chi connectivity index (χ4v) is 1.85. The quantitative estimate of drug-likeness (QED) is 0.553. The molecule has 0 radical (unpaired) electrons. The molecule has 0 fully saturated rings. The van der Waals surface area contributed by atoms with Crippen LogP contribution >= 0.6 is 0 Å². The fraction of sp³-hybridized carbons (Fsp3) is 0.667. The van der Waals surface area contributed by atoms with E-state index in [1.54, 1.807) is 0 Å². The van der Waals surface area contributed by atoms with Crippen molar-refractivity contribution >= 4 is 0 Å². The van der Waals surface area contributed by atoms with Gasteiger partial charge in [-0.1, -0.05) is 44.6 Å². The normalized spacial score (nSPS) is 30.2. The van der Waals surface area contributed by atoms with E-state index in [1.807, 2.05) is 0 Å². The molecule has 0 saturated carbocycles. The van der Waals surface area contributed by atoms with Gasteiger partial charge < -0.3 is 0 Å². The van der Waals surface area contributed by atoms with Gasteiger partial charge in [-0.25, -0.2) is 0 Å². The molecule has 0 nitrogen and oxygen atoms in total. The molecule has 2 unspecified atom stereocenters. The monoisotopic (exact) mass is 164 g/mol. The zero-order valence-electron chi connectivity index (χ0n) is 8.67. The first-order chi connectivity index (χ1) is 5.59. The van der Waals surface area contributed by atoms with Gasteiger partial charge in [0, 0.05) is 0 Å². The van der Waals surface area contributed by atoms with Crippen LogP contribution in [-0.2, 0) is 0 Å². The van der Waals surface area contributed by atoms with Gasteiger partial charge in [0.05, 0.1) is 0 Å². The molecule has 0 spiro atoms. The van der Waals surface area contributed by atoms with Gasteiger partial charge in [0.2, 0.25) is 0 Å². The van der Waals surface area contributed by atoms with Gasteiger partial charge >= 0.3 is 0 Å². The molecule has 0 heterocycles. The van der Waals surface area contributed by atoms with E-state index in [2.05, 4.69) is 45.9 Å². The van der Waals surface area contributed by atoms with Crippen LogP contribution in [0.15, 0.2) is 23.8 Å². The Morgan fingerprint density at radius 3 is 2.67 bits per heavy atom. The smallest absolute Gasteiger partial charge is 0.0202 e. The standard InChI is InChI=1S/C12H20/c1-9(2)12-6-5-10(3)7-11(4)8-12/h5-7,9,11-12H,8H2,1-4H3. The topological polar surface area (TPSA) is 0 Å². The second kappa shape index (κ2) is 3.93. The molecule has 0 aliphatic heterocycles. The molecule has 2 atom stereocenters. The summed E-state index contributed by atoms with van der Waals surface area (Å²) in [6, 6.07) is 0. The van der Waals surface area contributed by atoms with Crippen LogP contribution in [0.5, 0.6) is 0 Å². The molecule has 0 aromatic heterocycles. The van der Waals surface area contributed by atoms with Gasteiger partial charge in [0.1, 0.15) is 0 Å². The van der Waals surface area contributed by atoms with Crippen LogP contribution in [0, 0.1) is 17.8 Å². The Morgan fingerprint density at radius 2 is 2.08 bits per heavy atom. The SMILES string of the molecule is CC1=CC(C)CC(C(C)C)C=C1. The maximum Gasteiger partial charge on any atom is -0.0202 e. The van der Waals surface area contributed by atoms with Crippen molar-refractivity contribution in [3.63, 3.8) is 0 Å². The van der Waals surface area contributed by atoms with Gasteiger partial charge in [-0.15, -0.1) is 0 Å². The van der Waals surface area contributed by atoms with Crippen LogP contribution in [0.3, 0.4) is 0 Å².